The maximum Gasteiger partial charge on any atom is 0.338 e. The Bertz CT molecular complexity index is 599. The first-order chi connectivity index (χ1) is 9.70. The summed E-state index contributed by atoms with van der Waals surface area (Å²) in [6.07, 6.45) is 0. The van der Waals surface area contributed by atoms with Crippen LogP contribution in [0.3, 0.4) is 0 Å². The van der Waals surface area contributed by atoms with Crippen molar-refractivity contribution in [3.63, 3.8) is 0 Å². The zero-order valence-electron chi connectivity index (χ0n) is 11.2. The summed E-state index contributed by atoms with van der Waals surface area (Å²) >= 11 is 0. The van der Waals surface area contributed by atoms with Gasteiger partial charge in [0.25, 0.3) is 0 Å². The Balaban J connectivity index is 1.99. The number of methoxy groups -OCH3 is 1. The largest absolute Gasteiger partial charge is 0.465 e. The number of carbonyl (C=O) groups is 1. The van der Waals surface area contributed by atoms with Crippen molar-refractivity contribution in [1.29, 1.82) is 0 Å². The van der Waals surface area contributed by atoms with Gasteiger partial charge in [-0.1, -0.05) is 30.3 Å². The van der Waals surface area contributed by atoms with Crippen LogP contribution < -0.4 is 5.32 Å². The predicted octanol–water partition coefficient (Wildman–Crippen LogP) is 2.90. The number of esters is 1. The molecule has 104 valence electrons. The first-order valence-corrected chi connectivity index (χ1v) is 6.32. The monoisotopic (exact) mass is 273 g/mol. The lowest BCUT2D eigenvalue weighted by Gasteiger charge is -2.09. The molecule has 0 saturated heterocycles. The summed E-state index contributed by atoms with van der Waals surface area (Å²) in [5.41, 5.74) is 2.26. The fraction of sp³-hybridized carbons (Fsp3) is 0.188. The number of carbonyl (C=O) groups excluding carboxylic acids is 1. The van der Waals surface area contributed by atoms with Gasteiger partial charge in [-0.2, -0.15) is 0 Å². The number of rotatable bonds is 5. The van der Waals surface area contributed by atoms with Gasteiger partial charge in [0.15, 0.2) is 0 Å². The molecule has 0 unspecified atom stereocenters. The van der Waals surface area contributed by atoms with Gasteiger partial charge in [-0.3, -0.25) is 0 Å². The van der Waals surface area contributed by atoms with E-state index in [1.54, 1.807) is 18.2 Å². The third-order valence-corrected chi connectivity index (χ3v) is 2.96. The van der Waals surface area contributed by atoms with E-state index in [0.717, 1.165) is 11.1 Å². The van der Waals surface area contributed by atoms with Crippen molar-refractivity contribution in [3.05, 3.63) is 71.0 Å². The maximum atomic E-state index is 13.0. The van der Waals surface area contributed by atoms with E-state index >= 15 is 0 Å². The minimum Gasteiger partial charge on any atom is -0.465 e. The van der Waals surface area contributed by atoms with Crippen molar-refractivity contribution >= 4 is 5.97 Å². The first-order valence-electron chi connectivity index (χ1n) is 6.32. The van der Waals surface area contributed by atoms with Gasteiger partial charge in [0.1, 0.15) is 5.82 Å². The zero-order valence-corrected chi connectivity index (χ0v) is 11.2. The second kappa shape index (κ2) is 6.82. The van der Waals surface area contributed by atoms with Crippen LogP contribution in [0.5, 0.6) is 0 Å². The summed E-state index contributed by atoms with van der Waals surface area (Å²) in [5.74, 6) is -0.604. The van der Waals surface area contributed by atoms with Gasteiger partial charge in [-0.25, -0.2) is 9.18 Å². The SMILES string of the molecule is COC(=O)c1ccccc1CNCc1cccc(F)c1. The number of hydrogen-bond acceptors (Lipinski definition) is 3. The van der Waals surface area contributed by atoms with E-state index in [2.05, 4.69) is 5.32 Å². The van der Waals surface area contributed by atoms with Crippen LogP contribution in [0.2, 0.25) is 0 Å². The Hall–Kier alpha value is -2.20. The van der Waals surface area contributed by atoms with Crippen molar-refractivity contribution in [2.75, 3.05) is 7.11 Å². The summed E-state index contributed by atoms with van der Waals surface area (Å²) in [6, 6.07) is 13.7. The van der Waals surface area contributed by atoms with Crippen LogP contribution in [-0.2, 0) is 17.8 Å². The number of halogens is 1. The fourth-order valence-corrected chi connectivity index (χ4v) is 1.97. The van der Waals surface area contributed by atoms with Crippen LogP contribution in [0.1, 0.15) is 21.5 Å². The van der Waals surface area contributed by atoms with E-state index in [4.69, 9.17) is 4.74 Å². The fourth-order valence-electron chi connectivity index (χ4n) is 1.97. The standard InChI is InChI=1S/C16H16FNO2/c1-20-16(19)15-8-3-2-6-13(15)11-18-10-12-5-4-7-14(17)9-12/h2-9,18H,10-11H2,1H3. The van der Waals surface area contributed by atoms with Crippen molar-refractivity contribution in [1.82, 2.24) is 5.32 Å². The third kappa shape index (κ3) is 3.65. The Labute approximate surface area is 117 Å². The minimum atomic E-state index is -0.354. The quantitative estimate of drug-likeness (QED) is 0.851. The molecule has 0 saturated carbocycles. The van der Waals surface area contributed by atoms with Crippen LogP contribution in [0.25, 0.3) is 0 Å². The lowest BCUT2D eigenvalue weighted by atomic mass is 10.1. The summed E-state index contributed by atoms with van der Waals surface area (Å²) in [4.78, 5) is 11.6. The lowest BCUT2D eigenvalue weighted by molar-refractivity contribution is 0.0599. The predicted molar refractivity (Wildman–Crippen MR) is 74.7 cm³/mol. The van der Waals surface area contributed by atoms with Crippen molar-refractivity contribution in [2.24, 2.45) is 0 Å². The molecule has 20 heavy (non-hydrogen) atoms. The van der Waals surface area contributed by atoms with Crippen molar-refractivity contribution < 1.29 is 13.9 Å². The Morgan fingerprint density at radius 3 is 2.70 bits per heavy atom. The van der Waals surface area contributed by atoms with Crippen LogP contribution in [0.4, 0.5) is 4.39 Å². The number of ether oxygens (including phenoxy) is 1. The van der Waals surface area contributed by atoms with Gasteiger partial charge in [0, 0.05) is 13.1 Å². The van der Waals surface area contributed by atoms with E-state index in [1.807, 2.05) is 18.2 Å². The van der Waals surface area contributed by atoms with Crippen molar-refractivity contribution in [2.45, 2.75) is 13.1 Å². The number of hydrogen-bond donors (Lipinski definition) is 1. The van der Waals surface area contributed by atoms with Gasteiger partial charge in [0.05, 0.1) is 12.7 Å². The Kier molecular flexibility index (Phi) is 4.85. The van der Waals surface area contributed by atoms with Gasteiger partial charge in [0.2, 0.25) is 0 Å². The molecule has 2 rings (SSSR count). The van der Waals surface area contributed by atoms with Gasteiger partial charge in [-0.05, 0) is 29.3 Å². The van der Waals surface area contributed by atoms with Crippen LogP contribution >= 0.6 is 0 Å². The molecule has 0 aromatic heterocycles. The first kappa shape index (κ1) is 14.2. The number of nitrogens with one attached hydrogen (secondary N) is 1. The minimum absolute atomic E-state index is 0.251. The smallest absolute Gasteiger partial charge is 0.338 e. The summed E-state index contributed by atoms with van der Waals surface area (Å²) in [6.45, 7) is 1.05. The molecule has 2 aromatic carbocycles. The lowest BCUT2D eigenvalue weighted by Crippen LogP contribution is -2.16. The average molecular weight is 273 g/mol. The van der Waals surface area contributed by atoms with E-state index in [9.17, 15) is 9.18 Å². The Morgan fingerprint density at radius 2 is 1.95 bits per heavy atom. The van der Waals surface area contributed by atoms with Gasteiger partial charge >= 0.3 is 5.97 Å². The van der Waals surface area contributed by atoms with Crippen LogP contribution in [0.15, 0.2) is 48.5 Å². The van der Waals surface area contributed by atoms with E-state index in [1.165, 1.54) is 19.2 Å². The highest BCUT2D eigenvalue weighted by molar-refractivity contribution is 5.90. The second-order valence-electron chi connectivity index (χ2n) is 4.38. The molecule has 4 heteroatoms. The van der Waals surface area contributed by atoms with Gasteiger partial charge in [-0.15, -0.1) is 0 Å². The summed E-state index contributed by atoms with van der Waals surface area (Å²) in [7, 11) is 1.36. The molecule has 3 nitrogen and oxygen atoms in total. The molecule has 0 aliphatic carbocycles. The van der Waals surface area contributed by atoms with Gasteiger partial charge < -0.3 is 10.1 Å². The highest BCUT2D eigenvalue weighted by Gasteiger charge is 2.10. The molecule has 1 N–H and O–H groups in total. The maximum absolute atomic E-state index is 13.0. The molecule has 0 aliphatic heterocycles. The molecule has 0 spiro atoms. The molecular weight excluding hydrogens is 257 g/mol. The third-order valence-electron chi connectivity index (χ3n) is 2.96. The molecule has 0 radical (unpaired) electrons. The molecule has 0 fully saturated rings. The molecule has 0 aliphatic rings. The second-order valence-corrected chi connectivity index (χ2v) is 4.38. The van der Waals surface area contributed by atoms with E-state index in [0.29, 0.717) is 18.7 Å². The topological polar surface area (TPSA) is 38.3 Å². The van der Waals surface area contributed by atoms with Crippen LogP contribution in [-0.4, -0.2) is 13.1 Å². The normalized spacial score (nSPS) is 10.3. The molecule has 2 aromatic rings. The molecule has 0 atom stereocenters. The summed E-state index contributed by atoms with van der Waals surface area (Å²) < 4.78 is 17.8. The molecule has 0 amide bonds. The van der Waals surface area contributed by atoms with E-state index in [-0.39, 0.29) is 11.8 Å². The molecule has 0 heterocycles. The highest BCUT2D eigenvalue weighted by atomic mass is 19.1. The van der Waals surface area contributed by atoms with Crippen molar-refractivity contribution in [3.8, 4) is 0 Å². The highest BCUT2D eigenvalue weighted by Crippen LogP contribution is 2.10. The number of benzene rings is 2. The summed E-state index contributed by atoms with van der Waals surface area (Å²) in [5, 5.41) is 3.19. The van der Waals surface area contributed by atoms with E-state index < -0.39 is 0 Å². The Morgan fingerprint density at radius 1 is 1.15 bits per heavy atom. The average Bonchev–Trinajstić information content (AvgIpc) is 2.47. The van der Waals surface area contributed by atoms with Crippen LogP contribution in [0, 0.1) is 5.82 Å². The zero-order chi connectivity index (χ0) is 14.4. The molecule has 0 bridgehead atoms. The molecular formula is C16H16FNO2.